The zero-order valence-electron chi connectivity index (χ0n) is 12.7. The average molecular weight is 305 g/mol. The van der Waals surface area contributed by atoms with Crippen molar-refractivity contribution in [3.8, 4) is 0 Å². The van der Waals surface area contributed by atoms with Gasteiger partial charge in [0, 0.05) is 5.57 Å². The molecule has 2 aromatic carbocycles. The molecule has 1 aliphatic heterocycles. The number of hydrogen-bond donors (Lipinski definition) is 0. The van der Waals surface area contributed by atoms with Gasteiger partial charge in [0.25, 0.3) is 11.8 Å². The second kappa shape index (κ2) is 6.01. The van der Waals surface area contributed by atoms with Crippen LogP contribution in [0.1, 0.15) is 33.2 Å². The second-order valence-corrected chi connectivity index (χ2v) is 5.38. The SMILES string of the molecule is CC(=O)/C(=C/c1ccccc1)CN1C(=O)c2ccccc2C1=O. The predicted molar refractivity (Wildman–Crippen MR) is 86.9 cm³/mol. The molecule has 0 N–H and O–H groups in total. The van der Waals surface area contributed by atoms with E-state index in [2.05, 4.69) is 0 Å². The summed E-state index contributed by atoms with van der Waals surface area (Å²) in [5.41, 5.74) is 2.06. The van der Waals surface area contributed by atoms with E-state index in [0.29, 0.717) is 16.7 Å². The molecule has 0 aromatic heterocycles. The number of benzene rings is 2. The number of rotatable bonds is 4. The van der Waals surface area contributed by atoms with Gasteiger partial charge in [0.05, 0.1) is 17.7 Å². The lowest BCUT2D eigenvalue weighted by molar-refractivity contribution is -0.113. The van der Waals surface area contributed by atoms with Crippen LogP contribution < -0.4 is 0 Å². The summed E-state index contributed by atoms with van der Waals surface area (Å²) in [4.78, 5) is 37.8. The summed E-state index contributed by atoms with van der Waals surface area (Å²) in [6.07, 6.45) is 1.71. The van der Waals surface area contributed by atoms with Gasteiger partial charge in [0.2, 0.25) is 0 Å². The van der Waals surface area contributed by atoms with E-state index in [-0.39, 0.29) is 24.1 Å². The fourth-order valence-corrected chi connectivity index (χ4v) is 2.56. The molecule has 0 saturated heterocycles. The van der Waals surface area contributed by atoms with Crippen molar-refractivity contribution < 1.29 is 14.4 Å². The first kappa shape index (κ1) is 14.9. The molecule has 0 atom stereocenters. The summed E-state index contributed by atoms with van der Waals surface area (Å²) >= 11 is 0. The minimum absolute atomic E-state index is 0.0173. The first-order valence-corrected chi connectivity index (χ1v) is 7.29. The third-order valence-electron chi connectivity index (χ3n) is 3.80. The van der Waals surface area contributed by atoms with Crippen LogP contribution in [0.2, 0.25) is 0 Å². The molecule has 4 heteroatoms. The van der Waals surface area contributed by atoms with E-state index in [1.807, 2.05) is 30.3 Å². The number of ketones is 1. The summed E-state index contributed by atoms with van der Waals surface area (Å²) in [6.45, 7) is 1.42. The van der Waals surface area contributed by atoms with Gasteiger partial charge in [-0.15, -0.1) is 0 Å². The highest BCUT2D eigenvalue weighted by molar-refractivity contribution is 6.22. The van der Waals surface area contributed by atoms with Gasteiger partial charge in [-0.2, -0.15) is 0 Å². The molecule has 0 saturated carbocycles. The van der Waals surface area contributed by atoms with E-state index in [4.69, 9.17) is 0 Å². The van der Waals surface area contributed by atoms with Crippen LogP contribution in [0.4, 0.5) is 0 Å². The molecule has 23 heavy (non-hydrogen) atoms. The molecule has 0 bridgehead atoms. The lowest BCUT2D eigenvalue weighted by atomic mass is 10.1. The maximum absolute atomic E-state index is 12.4. The number of amides is 2. The molecule has 1 aliphatic rings. The van der Waals surface area contributed by atoms with Crippen molar-refractivity contribution in [1.29, 1.82) is 0 Å². The van der Waals surface area contributed by atoms with Gasteiger partial charge in [0.1, 0.15) is 0 Å². The third-order valence-corrected chi connectivity index (χ3v) is 3.80. The van der Waals surface area contributed by atoms with Crippen molar-refractivity contribution in [3.63, 3.8) is 0 Å². The molecule has 114 valence electrons. The van der Waals surface area contributed by atoms with E-state index in [0.717, 1.165) is 10.5 Å². The fourth-order valence-electron chi connectivity index (χ4n) is 2.56. The number of fused-ring (bicyclic) bond motifs is 1. The quantitative estimate of drug-likeness (QED) is 0.644. The Bertz CT molecular complexity index is 787. The van der Waals surface area contributed by atoms with Crippen molar-refractivity contribution in [2.75, 3.05) is 6.54 Å². The standard InChI is InChI=1S/C19H15NO3/c1-13(21)15(11-14-7-3-2-4-8-14)12-20-18(22)16-9-5-6-10-17(16)19(20)23/h2-11H,12H2,1H3/b15-11+. The van der Waals surface area contributed by atoms with Gasteiger partial charge in [0.15, 0.2) is 5.78 Å². The minimum atomic E-state index is -0.356. The van der Waals surface area contributed by atoms with Crippen molar-refractivity contribution in [1.82, 2.24) is 4.90 Å². The Labute approximate surface area is 134 Å². The Morgan fingerprint density at radius 3 is 1.96 bits per heavy atom. The van der Waals surface area contributed by atoms with E-state index in [9.17, 15) is 14.4 Å². The van der Waals surface area contributed by atoms with E-state index >= 15 is 0 Å². The maximum atomic E-state index is 12.4. The largest absolute Gasteiger partial charge is 0.295 e. The normalized spacial score (nSPS) is 14.1. The molecular weight excluding hydrogens is 290 g/mol. The van der Waals surface area contributed by atoms with Gasteiger partial charge >= 0.3 is 0 Å². The van der Waals surface area contributed by atoms with E-state index in [1.54, 1.807) is 30.3 Å². The zero-order valence-corrected chi connectivity index (χ0v) is 12.7. The predicted octanol–water partition coefficient (Wildman–Crippen LogP) is 2.96. The Hall–Kier alpha value is -3.01. The number of imide groups is 1. The molecule has 2 aromatic rings. The molecule has 0 fully saturated rings. The fraction of sp³-hybridized carbons (Fsp3) is 0.105. The smallest absolute Gasteiger partial charge is 0.261 e. The van der Waals surface area contributed by atoms with Crippen molar-refractivity contribution in [2.24, 2.45) is 0 Å². The number of Topliss-reactive ketones (excluding diaryl/α,β-unsaturated/α-hetero) is 1. The number of carbonyl (C=O) groups is 3. The van der Waals surface area contributed by atoms with Crippen LogP contribution in [0.15, 0.2) is 60.2 Å². The Balaban J connectivity index is 1.91. The van der Waals surface area contributed by atoms with Crippen molar-refractivity contribution in [2.45, 2.75) is 6.92 Å². The van der Waals surface area contributed by atoms with Gasteiger partial charge < -0.3 is 0 Å². The summed E-state index contributed by atoms with van der Waals surface area (Å²) in [5, 5.41) is 0. The maximum Gasteiger partial charge on any atom is 0.261 e. The van der Waals surface area contributed by atoms with Crippen LogP contribution in [0, 0.1) is 0 Å². The molecule has 1 heterocycles. The lowest BCUT2D eigenvalue weighted by Crippen LogP contribution is -2.32. The summed E-state index contributed by atoms with van der Waals surface area (Å²) in [5.74, 6) is -0.873. The number of hydrogen-bond acceptors (Lipinski definition) is 3. The summed E-state index contributed by atoms with van der Waals surface area (Å²) in [6, 6.07) is 16.1. The van der Waals surface area contributed by atoms with Gasteiger partial charge in [-0.3, -0.25) is 19.3 Å². The van der Waals surface area contributed by atoms with Gasteiger partial charge in [-0.05, 0) is 30.7 Å². The monoisotopic (exact) mass is 305 g/mol. The third kappa shape index (κ3) is 2.83. The first-order valence-electron chi connectivity index (χ1n) is 7.29. The second-order valence-electron chi connectivity index (χ2n) is 5.38. The Kier molecular flexibility index (Phi) is 3.89. The number of carbonyl (C=O) groups excluding carboxylic acids is 3. The summed E-state index contributed by atoms with van der Waals surface area (Å²) < 4.78 is 0. The molecule has 2 amide bonds. The zero-order chi connectivity index (χ0) is 16.4. The highest BCUT2D eigenvalue weighted by atomic mass is 16.2. The average Bonchev–Trinajstić information content (AvgIpc) is 2.80. The van der Waals surface area contributed by atoms with Crippen molar-refractivity contribution in [3.05, 3.63) is 76.9 Å². The van der Waals surface area contributed by atoms with Crippen LogP contribution in [-0.2, 0) is 4.79 Å². The van der Waals surface area contributed by atoms with E-state index in [1.165, 1.54) is 6.92 Å². The summed E-state index contributed by atoms with van der Waals surface area (Å²) in [7, 11) is 0. The van der Waals surface area contributed by atoms with Crippen molar-refractivity contribution >= 4 is 23.7 Å². The Morgan fingerprint density at radius 2 is 1.43 bits per heavy atom. The van der Waals surface area contributed by atoms with Crippen LogP contribution in [0.5, 0.6) is 0 Å². The highest BCUT2D eigenvalue weighted by Crippen LogP contribution is 2.23. The molecule has 0 spiro atoms. The molecule has 0 unspecified atom stereocenters. The van der Waals surface area contributed by atoms with Crippen LogP contribution in [0.25, 0.3) is 6.08 Å². The first-order chi connectivity index (χ1) is 11.1. The molecular formula is C19H15NO3. The van der Waals surface area contributed by atoms with Crippen LogP contribution in [-0.4, -0.2) is 29.0 Å². The highest BCUT2D eigenvalue weighted by Gasteiger charge is 2.35. The van der Waals surface area contributed by atoms with E-state index < -0.39 is 0 Å². The molecule has 0 aliphatic carbocycles. The van der Waals surface area contributed by atoms with Crippen LogP contribution in [0.3, 0.4) is 0 Å². The van der Waals surface area contributed by atoms with Crippen LogP contribution >= 0.6 is 0 Å². The topological polar surface area (TPSA) is 54.5 Å². The Morgan fingerprint density at radius 1 is 0.913 bits per heavy atom. The lowest BCUT2D eigenvalue weighted by Gasteiger charge is -2.15. The van der Waals surface area contributed by atoms with Gasteiger partial charge in [-0.25, -0.2) is 0 Å². The molecule has 4 nitrogen and oxygen atoms in total. The molecule has 3 rings (SSSR count). The minimum Gasteiger partial charge on any atom is -0.295 e. The molecule has 0 radical (unpaired) electrons. The number of nitrogens with zero attached hydrogens (tertiary/aromatic N) is 1. The van der Waals surface area contributed by atoms with Gasteiger partial charge in [-0.1, -0.05) is 42.5 Å².